The topological polar surface area (TPSA) is 155 Å². The van der Waals surface area contributed by atoms with Crippen LogP contribution in [0.25, 0.3) is 0 Å². The van der Waals surface area contributed by atoms with Crippen LogP contribution in [0, 0.1) is 0 Å². The van der Waals surface area contributed by atoms with Crippen LogP contribution in [0.4, 0.5) is 0 Å². The maximum absolute atomic E-state index is 12.9. The number of hydrogen-bond acceptors (Lipinski definition) is 10. The zero-order chi connectivity index (χ0) is 52.7. The summed E-state index contributed by atoms with van der Waals surface area (Å²) in [5, 5.41) is 9.80. The Morgan fingerprint density at radius 3 is 1.24 bits per heavy atom. The molecule has 12 heteroatoms. The van der Waals surface area contributed by atoms with Crippen LogP contribution in [0.5, 0.6) is 0 Å². The summed E-state index contributed by atoms with van der Waals surface area (Å²) in [4.78, 5) is 48.4. The quantitative estimate of drug-likeness (QED) is 0.0197. The molecular weight excluding hydrogens is 928 g/mol. The summed E-state index contributed by atoms with van der Waals surface area (Å²) in [5.41, 5.74) is 0. The van der Waals surface area contributed by atoms with Crippen molar-refractivity contribution in [2.24, 2.45) is 0 Å². The largest absolute Gasteiger partial charge is 0.472 e. The molecule has 0 aromatic carbocycles. The molecule has 0 aromatic heterocycles. The highest BCUT2D eigenvalue weighted by Gasteiger charge is 2.28. The van der Waals surface area contributed by atoms with Gasteiger partial charge in [0.05, 0.1) is 26.2 Å². The Labute approximate surface area is 439 Å². The van der Waals surface area contributed by atoms with E-state index in [1.54, 1.807) is 6.08 Å². The molecule has 0 radical (unpaired) electrons. The van der Waals surface area contributed by atoms with Gasteiger partial charge in [-0.3, -0.25) is 23.4 Å². The normalized spacial score (nSPS) is 14.0. The first kappa shape index (κ1) is 68.7. The highest BCUT2D eigenvalue weighted by Crippen LogP contribution is 2.43. The zero-order valence-electron chi connectivity index (χ0n) is 45.6. The van der Waals surface area contributed by atoms with Gasteiger partial charge in [-0.25, -0.2) is 4.57 Å². The fourth-order valence-electron chi connectivity index (χ4n) is 7.53. The van der Waals surface area contributed by atoms with Gasteiger partial charge in [0, 0.05) is 12.8 Å². The zero-order valence-corrected chi connectivity index (χ0v) is 46.5. The first-order valence-corrected chi connectivity index (χ1v) is 30.0. The van der Waals surface area contributed by atoms with Crippen LogP contribution in [0.1, 0.15) is 239 Å². The standard InChI is InChI=1S/C60H103O11P/c1-4-7-10-13-16-19-22-25-27-28-30-33-36-39-42-45-48-51-60(64)71-57(53-67-58(62)49-46-43-40-37-34-32-29-26-23-20-17-14-11-8-5-2)55-69-72(65,66)68-54-56(52-61)70-59(63)50-47-44-41-38-35-31-24-21-18-15-12-9-6-3/h8,11-12,15,17,20-21,24,26,29,34,37,43,46,56-57,61H,4-7,9-10,13-14,16,18-19,22-23,25,27-28,30-33,35-36,38-42,44-45,47-55H2,1-3H3,(H,65,66)/b11-8-,15-12-,20-17-,24-21-,29-26-,37-34-,46-43-. The van der Waals surface area contributed by atoms with Gasteiger partial charge >= 0.3 is 25.7 Å². The Morgan fingerprint density at radius 2 is 0.792 bits per heavy atom. The van der Waals surface area contributed by atoms with E-state index in [1.807, 2.05) is 12.2 Å². The lowest BCUT2D eigenvalue weighted by Crippen LogP contribution is -2.30. The summed E-state index contributed by atoms with van der Waals surface area (Å²) in [6.45, 7) is 4.35. The van der Waals surface area contributed by atoms with Gasteiger partial charge < -0.3 is 24.2 Å². The molecule has 11 nitrogen and oxygen atoms in total. The maximum atomic E-state index is 12.9. The van der Waals surface area contributed by atoms with Gasteiger partial charge in [-0.05, 0) is 70.6 Å². The number of phosphoric acid groups is 1. The summed E-state index contributed by atoms with van der Waals surface area (Å²) in [7, 11) is -4.77. The minimum Gasteiger partial charge on any atom is -0.461 e. The molecule has 0 amide bonds. The lowest BCUT2D eigenvalue weighted by Gasteiger charge is -2.21. The van der Waals surface area contributed by atoms with Gasteiger partial charge in [0.25, 0.3) is 0 Å². The van der Waals surface area contributed by atoms with Crippen LogP contribution in [-0.2, 0) is 42.2 Å². The number of carbonyl (C=O) groups is 3. The van der Waals surface area contributed by atoms with Gasteiger partial charge in [0.2, 0.25) is 0 Å². The fourth-order valence-corrected chi connectivity index (χ4v) is 8.31. The van der Waals surface area contributed by atoms with E-state index < -0.39 is 57.8 Å². The summed E-state index contributed by atoms with van der Waals surface area (Å²) >= 11 is 0. The van der Waals surface area contributed by atoms with Gasteiger partial charge in [-0.1, -0.05) is 234 Å². The molecule has 0 fully saturated rings. The first-order valence-electron chi connectivity index (χ1n) is 28.5. The molecule has 0 heterocycles. The lowest BCUT2D eigenvalue weighted by atomic mass is 10.0. The highest BCUT2D eigenvalue weighted by molar-refractivity contribution is 7.47. The van der Waals surface area contributed by atoms with E-state index in [1.165, 1.54) is 83.5 Å². The van der Waals surface area contributed by atoms with Gasteiger partial charge in [0.1, 0.15) is 12.7 Å². The summed E-state index contributed by atoms with van der Waals surface area (Å²) in [6.07, 6.45) is 61.5. The molecule has 0 aliphatic heterocycles. The number of esters is 3. The number of carbonyl (C=O) groups excluding carboxylic acids is 3. The van der Waals surface area contributed by atoms with Crippen molar-refractivity contribution in [3.63, 3.8) is 0 Å². The molecule has 414 valence electrons. The highest BCUT2D eigenvalue weighted by atomic mass is 31.2. The van der Waals surface area contributed by atoms with E-state index in [0.717, 1.165) is 96.3 Å². The predicted molar refractivity (Wildman–Crippen MR) is 298 cm³/mol. The van der Waals surface area contributed by atoms with Crippen LogP contribution >= 0.6 is 7.82 Å². The molecule has 0 rings (SSSR count). The molecule has 72 heavy (non-hydrogen) atoms. The summed E-state index contributed by atoms with van der Waals surface area (Å²) in [6, 6.07) is 0. The number of aliphatic hydroxyl groups is 1. The average Bonchev–Trinajstić information content (AvgIpc) is 3.37. The van der Waals surface area contributed by atoms with Crippen molar-refractivity contribution in [3.05, 3.63) is 85.1 Å². The molecule has 3 atom stereocenters. The van der Waals surface area contributed by atoms with Crippen molar-refractivity contribution in [2.75, 3.05) is 26.4 Å². The number of rotatable bonds is 52. The van der Waals surface area contributed by atoms with Crippen LogP contribution < -0.4 is 0 Å². The minimum absolute atomic E-state index is 0.00728. The third kappa shape index (κ3) is 51.6. The third-order valence-corrected chi connectivity index (χ3v) is 12.8. The molecule has 0 spiro atoms. The number of unbranched alkanes of at least 4 members (excludes halogenated alkanes) is 22. The van der Waals surface area contributed by atoms with E-state index in [4.69, 9.17) is 23.3 Å². The molecule has 0 saturated heterocycles. The van der Waals surface area contributed by atoms with E-state index >= 15 is 0 Å². The van der Waals surface area contributed by atoms with Crippen molar-refractivity contribution in [3.8, 4) is 0 Å². The van der Waals surface area contributed by atoms with E-state index in [-0.39, 0.29) is 25.9 Å². The molecule has 2 N–H and O–H groups in total. The van der Waals surface area contributed by atoms with E-state index in [9.17, 15) is 28.9 Å². The Kier molecular flexibility index (Phi) is 51.4. The second-order valence-electron chi connectivity index (χ2n) is 18.7. The first-order chi connectivity index (χ1) is 35.2. The SMILES string of the molecule is CC/C=C\C/C=C\C/C=C\C/C=C\C/C=C\CC(=O)OCC(COP(=O)(O)OCC(CO)OC(=O)CCCCCCC/C=C\C/C=C\CCC)OC(=O)CCCCCCCCCCCCCCCCCCC. The Bertz CT molecular complexity index is 1530. The van der Waals surface area contributed by atoms with Crippen molar-refractivity contribution < 1.29 is 52.2 Å². The van der Waals surface area contributed by atoms with Crippen LogP contribution in [0.3, 0.4) is 0 Å². The average molecular weight is 1030 g/mol. The molecule has 0 aliphatic rings. The molecule has 0 bridgehead atoms. The van der Waals surface area contributed by atoms with Crippen molar-refractivity contribution in [2.45, 2.75) is 251 Å². The van der Waals surface area contributed by atoms with Crippen molar-refractivity contribution in [1.29, 1.82) is 0 Å². The lowest BCUT2D eigenvalue weighted by molar-refractivity contribution is -0.161. The molecule has 0 aromatic rings. The number of allylic oxidation sites excluding steroid dienone is 13. The number of phosphoric ester groups is 1. The van der Waals surface area contributed by atoms with Crippen LogP contribution in [0.15, 0.2) is 85.1 Å². The Morgan fingerprint density at radius 1 is 0.417 bits per heavy atom. The monoisotopic (exact) mass is 1030 g/mol. The molecule has 0 aliphatic carbocycles. The third-order valence-electron chi connectivity index (χ3n) is 11.8. The van der Waals surface area contributed by atoms with Crippen LogP contribution in [-0.4, -0.2) is 66.5 Å². The number of ether oxygens (including phenoxy) is 3. The predicted octanol–water partition coefficient (Wildman–Crippen LogP) is 16.7. The molecule has 0 saturated carbocycles. The van der Waals surface area contributed by atoms with Crippen LogP contribution in [0.2, 0.25) is 0 Å². The Hall–Kier alpha value is -3.34. The second kappa shape index (κ2) is 53.9. The van der Waals surface area contributed by atoms with Gasteiger partial charge in [-0.15, -0.1) is 0 Å². The van der Waals surface area contributed by atoms with E-state index in [0.29, 0.717) is 19.3 Å². The molecule has 3 unspecified atom stereocenters. The Balaban J connectivity index is 4.83. The molecular formula is C60H103O11P. The number of aliphatic hydroxyl groups excluding tert-OH is 1. The number of hydrogen-bond donors (Lipinski definition) is 2. The smallest absolute Gasteiger partial charge is 0.461 e. The summed E-state index contributed by atoms with van der Waals surface area (Å²) < 4.78 is 39.4. The van der Waals surface area contributed by atoms with Gasteiger partial charge in [-0.2, -0.15) is 0 Å². The van der Waals surface area contributed by atoms with Crippen molar-refractivity contribution >= 4 is 25.7 Å². The second-order valence-corrected chi connectivity index (χ2v) is 20.2. The van der Waals surface area contributed by atoms with E-state index in [2.05, 4.69) is 87.6 Å². The van der Waals surface area contributed by atoms with Gasteiger partial charge in [0.15, 0.2) is 6.10 Å². The fraction of sp³-hybridized carbons (Fsp3) is 0.717. The summed E-state index contributed by atoms with van der Waals surface area (Å²) in [5.74, 6) is -1.63. The minimum atomic E-state index is -4.77. The maximum Gasteiger partial charge on any atom is 0.472 e. The van der Waals surface area contributed by atoms with Crippen molar-refractivity contribution in [1.82, 2.24) is 0 Å².